The summed E-state index contributed by atoms with van der Waals surface area (Å²) in [7, 11) is 0. The fraction of sp³-hybridized carbons (Fsp3) is 0. The number of furan rings is 1. The van der Waals surface area contributed by atoms with E-state index >= 15 is 0 Å². The minimum atomic E-state index is 0.692. The van der Waals surface area contributed by atoms with Crippen LogP contribution in [0.1, 0.15) is 0 Å². The van der Waals surface area contributed by atoms with Crippen LogP contribution in [0.3, 0.4) is 0 Å². The van der Waals surface area contributed by atoms with Crippen LogP contribution in [0.5, 0.6) is 0 Å². The topological polar surface area (TPSA) is 43.9 Å². The SMILES string of the molecule is c1ccc(-c2nc(-c3cccc(-c4ccc5c(c4)c4cccc6oc7cccc5c7c64)c3)cc(-n3c4ccccc4c4ccccc43)n2)cc1. The molecular weight excluding hydrogens is 611 g/mol. The minimum Gasteiger partial charge on any atom is -0.456 e. The summed E-state index contributed by atoms with van der Waals surface area (Å²) in [6, 6.07) is 57.8. The second-order valence-corrected chi connectivity index (χ2v) is 13.0. The monoisotopic (exact) mass is 637 g/mol. The number of para-hydroxylation sites is 2. The molecule has 0 aliphatic carbocycles. The Hall–Kier alpha value is -6.78. The van der Waals surface area contributed by atoms with Crippen molar-refractivity contribution in [3.63, 3.8) is 0 Å². The highest BCUT2D eigenvalue weighted by molar-refractivity contribution is 6.33. The first-order valence-corrected chi connectivity index (χ1v) is 16.9. The molecule has 0 aliphatic rings. The van der Waals surface area contributed by atoms with Gasteiger partial charge in [-0.05, 0) is 69.1 Å². The van der Waals surface area contributed by atoms with E-state index in [1.807, 2.05) is 18.2 Å². The maximum absolute atomic E-state index is 6.28. The Bertz CT molecular complexity index is 3040. The van der Waals surface area contributed by atoms with Crippen LogP contribution in [0.15, 0.2) is 168 Å². The van der Waals surface area contributed by atoms with E-state index in [1.54, 1.807) is 0 Å². The van der Waals surface area contributed by atoms with E-state index < -0.39 is 0 Å². The fourth-order valence-electron chi connectivity index (χ4n) is 7.94. The first-order chi connectivity index (χ1) is 24.8. The number of hydrogen-bond acceptors (Lipinski definition) is 3. The minimum absolute atomic E-state index is 0.692. The predicted octanol–water partition coefficient (Wildman–Crippen LogP) is 12.2. The van der Waals surface area contributed by atoms with Gasteiger partial charge in [0.05, 0.1) is 16.7 Å². The van der Waals surface area contributed by atoms with Crippen molar-refractivity contribution in [2.45, 2.75) is 0 Å². The Kier molecular flexibility index (Phi) is 5.63. The van der Waals surface area contributed by atoms with Gasteiger partial charge in [0.15, 0.2) is 5.82 Å². The smallest absolute Gasteiger partial charge is 0.162 e. The molecule has 3 heterocycles. The molecule has 0 N–H and O–H groups in total. The molecule has 0 bridgehead atoms. The molecule has 0 atom stereocenters. The van der Waals surface area contributed by atoms with Gasteiger partial charge in [-0.3, -0.25) is 4.57 Å². The Morgan fingerprint density at radius 1 is 0.380 bits per heavy atom. The predicted molar refractivity (Wildman–Crippen MR) is 206 cm³/mol. The van der Waals surface area contributed by atoms with E-state index in [0.717, 1.165) is 56.0 Å². The summed E-state index contributed by atoms with van der Waals surface area (Å²) >= 11 is 0. The standard InChI is InChI=1S/C46H27N3O/c1-2-11-28(12-3-1)46-47-38(27-43(48-46)49-39-19-6-4-15-33(39)34-16-5-7-20-40(34)49)31-14-8-13-29(25-31)30-23-24-32-35-17-9-21-41-44(35)45-36(37(32)26-30)18-10-22-42(45)50-41/h1-27H. The third-order valence-corrected chi connectivity index (χ3v) is 10.2. The third kappa shape index (κ3) is 3.93. The van der Waals surface area contributed by atoms with Gasteiger partial charge in [0.25, 0.3) is 0 Å². The molecule has 8 aromatic carbocycles. The number of fused-ring (bicyclic) bond motifs is 6. The quantitative estimate of drug-likeness (QED) is 0.180. The van der Waals surface area contributed by atoms with Gasteiger partial charge in [0.1, 0.15) is 17.0 Å². The van der Waals surface area contributed by atoms with Crippen LogP contribution in [0.25, 0.3) is 105 Å². The van der Waals surface area contributed by atoms with Crippen LogP contribution in [0.4, 0.5) is 0 Å². The second-order valence-electron chi connectivity index (χ2n) is 13.0. The maximum atomic E-state index is 6.28. The summed E-state index contributed by atoms with van der Waals surface area (Å²) in [5.74, 6) is 1.53. The number of nitrogens with zero attached hydrogens (tertiary/aromatic N) is 3. The van der Waals surface area contributed by atoms with Crippen LogP contribution in [-0.4, -0.2) is 14.5 Å². The van der Waals surface area contributed by atoms with Crippen molar-refractivity contribution in [1.82, 2.24) is 14.5 Å². The van der Waals surface area contributed by atoms with Crippen LogP contribution in [-0.2, 0) is 0 Å². The number of benzene rings is 8. The van der Waals surface area contributed by atoms with Gasteiger partial charge in [0.2, 0.25) is 0 Å². The average Bonchev–Trinajstić information content (AvgIpc) is 3.74. The first-order valence-electron chi connectivity index (χ1n) is 16.9. The zero-order valence-corrected chi connectivity index (χ0v) is 26.8. The normalized spacial score (nSPS) is 12.0. The summed E-state index contributed by atoms with van der Waals surface area (Å²) in [5, 5.41) is 9.70. The van der Waals surface area contributed by atoms with Gasteiger partial charge in [-0.2, -0.15) is 0 Å². The fourth-order valence-corrected chi connectivity index (χ4v) is 7.94. The molecule has 0 amide bonds. The lowest BCUT2D eigenvalue weighted by Crippen LogP contribution is -2.02. The van der Waals surface area contributed by atoms with E-state index in [-0.39, 0.29) is 0 Å². The highest BCUT2D eigenvalue weighted by Gasteiger charge is 2.19. The summed E-state index contributed by atoms with van der Waals surface area (Å²) in [4.78, 5) is 10.4. The molecule has 4 heteroatoms. The number of rotatable bonds is 4. The van der Waals surface area contributed by atoms with Gasteiger partial charge < -0.3 is 4.42 Å². The Labute approximate surface area is 286 Å². The highest BCUT2D eigenvalue weighted by Crippen LogP contribution is 2.43. The lowest BCUT2D eigenvalue weighted by molar-refractivity contribution is 0.669. The first kappa shape index (κ1) is 27.2. The summed E-state index contributed by atoms with van der Waals surface area (Å²) in [6.45, 7) is 0. The van der Waals surface area contributed by atoms with Crippen molar-refractivity contribution in [3.05, 3.63) is 164 Å². The summed E-state index contributed by atoms with van der Waals surface area (Å²) in [5.41, 5.74) is 9.27. The van der Waals surface area contributed by atoms with Gasteiger partial charge >= 0.3 is 0 Å². The molecule has 11 aromatic rings. The molecule has 0 saturated heterocycles. The molecule has 0 spiro atoms. The van der Waals surface area contributed by atoms with Crippen molar-refractivity contribution in [2.75, 3.05) is 0 Å². The molecule has 232 valence electrons. The lowest BCUT2D eigenvalue weighted by atomic mass is 9.92. The van der Waals surface area contributed by atoms with Crippen LogP contribution < -0.4 is 0 Å². The lowest BCUT2D eigenvalue weighted by Gasteiger charge is -2.13. The van der Waals surface area contributed by atoms with Gasteiger partial charge in [-0.1, -0.05) is 121 Å². The molecule has 11 rings (SSSR count). The Balaban J connectivity index is 1.12. The van der Waals surface area contributed by atoms with Gasteiger partial charge in [0, 0.05) is 38.7 Å². The molecule has 0 radical (unpaired) electrons. The molecule has 0 fully saturated rings. The van der Waals surface area contributed by atoms with E-state index in [1.165, 1.54) is 43.1 Å². The van der Waals surface area contributed by atoms with Gasteiger partial charge in [-0.25, -0.2) is 9.97 Å². The highest BCUT2D eigenvalue weighted by atomic mass is 16.3. The molecule has 3 aromatic heterocycles. The molecular formula is C46H27N3O. The van der Waals surface area contributed by atoms with Gasteiger partial charge in [-0.15, -0.1) is 0 Å². The molecule has 0 unspecified atom stereocenters. The molecule has 0 aliphatic heterocycles. The Morgan fingerprint density at radius 3 is 1.70 bits per heavy atom. The van der Waals surface area contributed by atoms with Crippen LogP contribution in [0, 0.1) is 0 Å². The van der Waals surface area contributed by atoms with E-state index in [4.69, 9.17) is 14.4 Å². The van der Waals surface area contributed by atoms with Crippen LogP contribution in [0.2, 0.25) is 0 Å². The average molecular weight is 638 g/mol. The number of hydrogen-bond donors (Lipinski definition) is 0. The molecule has 4 nitrogen and oxygen atoms in total. The molecule has 0 saturated carbocycles. The van der Waals surface area contributed by atoms with Crippen LogP contribution >= 0.6 is 0 Å². The second kappa shape index (κ2) is 10.4. The van der Waals surface area contributed by atoms with E-state index in [0.29, 0.717) is 5.82 Å². The van der Waals surface area contributed by atoms with Crippen molar-refractivity contribution in [2.24, 2.45) is 0 Å². The summed E-state index contributed by atoms with van der Waals surface area (Å²) < 4.78 is 8.54. The third-order valence-electron chi connectivity index (χ3n) is 10.2. The zero-order valence-electron chi connectivity index (χ0n) is 26.8. The van der Waals surface area contributed by atoms with Crippen molar-refractivity contribution >= 4 is 65.3 Å². The van der Waals surface area contributed by atoms with Crippen molar-refractivity contribution < 1.29 is 4.42 Å². The number of aromatic nitrogens is 3. The largest absolute Gasteiger partial charge is 0.456 e. The zero-order chi connectivity index (χ0) is 32.8. The van der Waals surface area contributed by atoms with Crippen molar-refractivity contribution in [3.8, 4) is 39.6 Å². The Morgan fingerprint density at radius 2 is 0.960 bits per heavy atom. The maximum Gasteiger partial charge on any atom is 0.162 e. The van der Waals surface area contributed by atoms with E-state index in [9.17, 15) is 0 Å². The van der Waals surface area contributed by atoms with E-state index in [2.05, 4.69) is 150 Å². The summed E-state index contributed by atoms with van der Waals surface area (Å²) in [6.07, 6.45) is 0. The molecule has 50 heavy (non-hydrogen) atoms. The van der Waals surface area contributed by atoms with Crippen molar-refractivity contribution in [1.29, 1.82) is 0 Å².